The van der Waals surface area contributed by atoms with Gasteiger partial charge in [0.25, 0.3) is 0 Å². The van der Waals surface area contributed by atoms with E-state index in [4.69, 9.17) is 4.74 Å². The van der Waals surface area contributed by atoms with Crippen molar-refractivity contribution in [3.8, 4) is 0 Å². The molecule has 0 bridgehead atoms. The predicted octanol–water partition coefficient (Wildman–Crippen LogP) is 1.38. The molecule has 3 fully saturated rings. The van der Waals surface area contributed by atoms with Gasteiger partial charge in [0.05, 0.1) is 18.3 Å². The smallest absolute Gasteiger partial charge is 0.223 e. The Bertz CT molecular complexity index is 563. The second-order valence-corrected chi connectivity index (χ2v) is 7.08. The van der Waals surface area contributed by atoms with Gasteiger partial charge in [-0.15, -0.1) is 0 Å². The van der Waals surface area contributed by atoms with Crippen molar-refractivity contribution in [2.24, 2.45) is 7.05 Å². The number of rotatable bonds is 4. The quantitative estimate of drug-likeness (QED) is 0.911. The summed E-state index contributed by atoms with van der Waals surface area (Å²) >= 11 is 0. The first-order chi connectivity index (χ1) is 11.2. The van der Waals surface area contributed by atoms with Crippen LogP contribution < -0.4 is 5.32 Å². The van der Waals surface area contributed by atoms with Gasteiger partial charge >= 0.3 is 0 Å². The number of likely N-dealkylation sites (tertiary alicyclic amines) is 1. The molecule has 1 saturated carbocycles. The molecule has 6 nitrogen and oxygen atoms in total. The molecule has 126 valence electrons. The number of ether oxygens (including phenoxy) is 1. The van der Waals surface area contributed by atoms with Crippen molar-refractivity contribution in [2.45, 2.75) is 62.7 Å². The molecule has 1 N–H and O–H groups in total. The first kappa shape index (κ1) is 15.1. The Kier molecular flexibility index (Phi) is 4.11. The molecule has 3 heterocycles. The molecule has 1 aliphatic carbocycles. The van der Waals surface area contributed by atoms with E-state index in [0.717, 1.165) is 51.0 Å². The van der Waals surface area contributed by atoms with Crippen LogP contribution in [0.3, 0.4) is 0 Å². The predicted molar refractivity (Wildman–Crippen MR) is 85.8 cm³/mol. The van der Waals surface area contributed by atoms with Crippen LogP contribution in [0, 0.1) is 0 Å². The number of hydrogen-bond acceptors (Lipinski definition) is 4. The van der Waals surface area contributed by atoms with Crippen molar-refractivity contribution in [2.75, 3.05) is 13.2 Å². The van der Waals surface area contributed by atoms with Crippen LogP contribution in [0.2, 0.25) is 0 Å². The highest BCUT2D eigenvalue weighted by Crippen LogP contribution is 2.40. The third-order valence-electron chi connectivity index (χ3n) is 5.35. The van der Waals surface area contributed by atoms with Crippen LogP contribution in [0.1, 0.15) is 50.3 Å². The van der Waals surface area contributed by atoms with Gasteiger partial charge < -0.3 is 15.0 Å². The van der Waals surface area contributed by atoms with Gasteiger partial charge in [-0.05, 0) is 38.2 Å². The molecular weight excluding hydrogens is 292 g/mol. The van der Waals surface area contributed by atoms with Gasteiger partial charge in [-0.1, -0.05) is 0 Å². The van der Waals surface area contributed by atoms with Crippen LogP contribution >= 0.6 is 0 Å². The lowest BCUT2D eigenvalue weighted by Gasteiger charge is -2.43. The van der Waals surface area contributed by atoms with Gasteiger partial charge in [-0.3, -0.25) is 9.48 Å². The summed E-state index contributed by atoms with van der Waals surface area (Å²) < 4.78 is 7.54. The van der Waals surface area contributed by atoms with E-state index in [9.17, 15) is 4.79 Å². The van der Waals surface area contributed by atoms with E-state index in [1.807, 2.05) is 17.9 Å². The summed E-state index contributed by atoms with van der Waals surface area (Å²) in [7, 11) is 1.97. The van der Waals surface area contributed by atoms with E-state index >= 15 is 0 Å². The molecule has 1 aromatic heterocycles. The summed E-state index contributed by atoms with van der Waals surface area (Å²) in [5.41, 5.74) is 1.14. The monoisotopic (exact) mass is 318 g/mol. The van der Waals surface area contributed by atoms with Gasteiger partial charge in [0.1, 0.15) is 0 Å². The van der Waals surface area contributed by atoms with Gasteiger partial charge in [-0.25, -0.2) is 0 Å². The summed E-state index contributed by atoms with van der Waals surface area (Å²) in [6.07, 6.45) is 7.93. The Hall–Kier alpha value is -1.40. The number of carbonyl (C=O) groups excluding carboxylic acids is 1. The Morgan fingerprint density at radius 3 is 2.83 bits per heavy atom. The first-order valence-corrected chi connectivity index (χ1v) is 8.87. The Morgan fingerprint density at radius 1 is 1.30 bits per heavy atom. The Labute approximate surface area is 137 Å². The summed E-state index contributed by atoms with van der Waals surface area (Å²) in [4.78, 5) is 14.7. The second-order valence-electron chi connectivity index (χ2n) is 7.08. The summed E-state index contributed by atoms with van der Waals surface area (Å²) in [5, 5.41) is 8.14. The highest BCUT2D eigenvalue weighted by molar-refractivity contribution is 5.78. The minimum atomic E-state index is 0.0955. The zero-order valence-corrected chi connectivity index (χ0v) is 13.8. The maximum absolute atomic E-state index is 12.6. The number of hydrogen-bond donors (Lipinski definition) is 1. The topological polar surface area (TPSA) is 59.4 Å². The molecule has 6 heteroatoms. The number of piperidine rings is 1. The normalized spacial score (nSPS) is 32.3. The third-order valence-corrected chi connectivity index (χ3v) is 5.35. The van der Waals surface area contributed by atoms with Crippen molar-refractivity contribution in [3.05, 3.63) is 18.0 Å². The highest BCUT2D eigenvalue weighted by Gasteiger charge is 2.45. The number of amides is 1. The van der Waals surface area contributed by atoms with Crippen LogP contribution in [0.25, 0.3) is 0 Å². The van der Waals surface area contributed by atoms with Gasteiger partial charge in [-0.2, -0.15) is 5.10 Å². The standard InChI is InChI=1S/C17H26N4O2/c1-20-15(8-9-18-20)17-14(19-12-3-2-10-23-11-12)6-7-16(22)21(17)13-4-5-13/h8-9,12-14,17,19H,2-7,10-11H2,1H3/t12-,14-,17-/m1/s1. The average Bonchev–Trinajstić information content (AvgIpc) is 3.31. The molecule has 1 amide bonds. The molecule has 0 spiro atoms. The van der Waals surface area contributed by atoms with Crippen molar-refractivity contribution in [1.82, 2.24) is 20.0 Å². The number of nitrogens with one attached hydrogen (secondary N) is 1. The molecule has 4 rings (SSSR count). The van der Waals surface area contributed by atoms with Gasteiger partial charge in [0, 0.05) is 44.4 Å². The molecule has 3 atom stereocenters. The number of aryl methyl sites for hydroxylation is 1. The van der Waals surface area contributed by atoms with Crippen LogP contribution in [0.15, 0.2) is 12.3 Å². The van der Waals surface area contributed by atoms with Crippen molar-refractivity contribution in [3.63, 3.8) is 0 Å². The lowest BCUT2D eigenvalue weighted by atomic mass is 9.91. The van der Waals surface area contributed by atoms with E-state index < -0.39 is 0 Å². The fraction of sp³-hybridized carbons (Fsp3) is 0.765. The summed E-state index contributed by atoms with van der Waals surface area (Å²) in [6, 6.07) is 3.27. The molecule has 23 heavy (non-hydrogen) atoms. The molecular formula is C17H26N4O2. The minimum absolute atomic E-state index is 0.0955. The van der Waals surface area contributed by atoms with Crippen LogP contribution in [-0.4, -0.2) is 51.9 Å². The Morgan fingerprint density at radius 2 is 2.17 bits per heavy atom. The van der Waals surface area contributed by atoms with Crippen molar-refractivity contribution < 1.29 is 9.53 Å². The highest BCUT2D eigenvalue weighted by atomic mass is 16.5. The third kappa shape index (κ3) is 3.02. The Balaban J connectivity index is 1.60. The number of carbonyl (C=O) groups is 1. The maximum Gasteiger partial charge on any atom is 0.223 e. The summed E-state index contributed by atoms with van der Waals surface area (Å²) in [5.74, 6) is 0.302. The second kappa shape index (κ2) is 6.24. The molecule has 2 aliphatic heterocycles. The van der Waals surface area contributed by atoms with E-state index in [-0.39, 0.29) is 12.1 Å². The summed E-state index contributed by atoms with van der Waals surface area (Å²) in [6.45, 7) is 1.66. The molecule has 0 aromatic carbocycles. The lowest BCUT2D eigenvalue weighted by Crippen LogP contribution is -2.55. The van der Waals surface area contributed by atoms with E-state index in [2.05, 4.69) is 21.4 Å². The molecule has 1 aromatic rings. The van der Waals surface area contributed by atoms with Gasteiger partial charge in [0.15, 0.2) is 0 Å². The zero-order valence-electron chi connectivity index (χ0n) is 13.8. The fourth-order valence-electron chi connectivity index (χ4n) is 4.07. The fourth-order valence-corrected chi connectivity index (χ4v) is 4.07. The SMILES string of the molecule is Cn1nccc1[C@H]1[C@H](N[C@@H]2CCCOC2)CCC(=O)N1C1CC1. The maximum atomic E-state index is 12.6. The largest absolute Gasteiger partial charge is 0.380 e. The van der Waals surface area contributed by atoms with Crippen LogP contribution in [0.4, 0.5) is 0 Å². The van der Waals surface area contributed by atoms with Gasteiger partial charge in [0.2, 0.25) is 5.91 Å². The molecule has 2 saturated heterocycles. The minimum Gasteiger partial charge on any atom is -0.380 e. The van der Waals surface area contributed by atoms with Crippen molar-refractivity contribution >= 4 is 5.91 Å². The molecule has 0 radical (unpaired) electrons. The molecule has 3 aliphatic rings. The number of nitrogens with zero attached hydrogens (tertiary/aromatic N) is 3. The number of aromatic nitrogens is 2. The molecule has 0 unspecified atom stereocenters. The first-order valence-electron chi connectivity index (χ1n) is 8.87. The van der Waals surface area contributed by atoms with Crippen LogP contribution in [-0.2, 0) is 16.6 Å². The van der Waals surface area contributed by atoms with Crippen molar-refractivity contribution in [1.29, 1.82) is 0 Å². The zero-order chi connectivity index (χ0) is 15.8. The van der Waals surface area contributed by atoms with E-state index in [1.54, 1.807) is 0 Å². The van der Waals surface area contributed by atoms with Crippen LogP contribution in [0.5, 0.6) is 0 Å². The van der Waals surface area contributed by atoms with E-state index in [0.29, 0.717) is 24.4 Å². The lowest BCUT2D eigenvalue weighted by molar-refractivity contribution is -0.139. The van der Waals surface area contributed by atoms with E-state index in [1.165, 1.54) is 0 Å². The average molecular weight is 318 g/mol.